The topological polar surface area (TPSA) is 20.3 Å². The van der Waals surface area contributed by atoms with Crippen molar-refractivity contribution in [3.05, 3.63) is 207 Å². The molecule has 1 fully saturated rings. The number of hydrogen-bond acceptors (Lipinski definition) is 1. The van der Waals surface area contributed by atoms with Gasteiger partial charge in [-0.05, 0) is 104 Å². The first-order chi connectivity index (χ1) is 25.4. The first-order valence-electron chi connectivity index (χ1n) is 19.2. The van der Waals surface area contributed by atoms with Crippen LogP contribution in [0.1, 0.15) is 100 Å². The molecule has 2 nitrogen and oxygen atoms in total. The Morgan fingerprint density at radius 1 is 0.509 bits per heavy atom. The van der Waals surface area contributed by atoms with Gasteiger partial charge < -0.3 is 0 Å². The summed E-state index contributed by atoms with van der Waals surface area (Å²) >= 11 is 0. The van der Waals surface area contributed by atoms with Crippen LogP contribution in [0.25, 0.3) is 0 Å². The molecule has 1 unspecified atom stereocenters. The molecule has 1 aliphatic carbocycles. The number of amides is 1. The van der Waals surface area contributed by atoms with Crippen molar-refractivity contribution in [3.8, 4) is 0 Å². The monoisotopic (exact) mass is 695 g/mol. The van der Waals surface area contributed by atoms with Gasteiger partial charge in [-0.2, -0.15) is 0 Å². The third kappa shape index (κ3) is 6.77. The van der Waals surface area contributed by atoms with E-state index in [9.17, 15) is 4.79 Å². The SMILES string of the molecule is Cc1ccc(C2(c3ccc(C)cc3)CC(C)CC(C)(C)C2)cc1.Cc1ccc(C2(c3ccc(C)cc3)c3ccccc3C(=O)N2c2ccccc2)cc1. The normalized spacial score (nSPS) is 18.1. The number of carbonyl (C=O) groups is 1. The number of para-hydroxylation sites is 1. The molecule has 0 saturated heterocycles. The molecule has 1 atom stereocenters. The Kier molecular flexibility index (Phi) is 9.77. The third-order valence-electron chi connectivity index (χ3n) is 11.6. The van der Waals surface area contributed by atoms with Gasteiger partial charge in [0.1, 0.15) is 5.54 Å². The zero-order valence-corrected chi connectivity index (χ0v) is 32.5. The number of rotatable bonds is 5. The van der Waals surface area contributed by atoms with Crippen molar-refractivity contribution in [2.75, 3.05) is 4.90 Å². The Morgan fingerprint density at radius 3 is 1.38 bits per heavy atom. The van der Waals surface area contributed by atoms with Crippen LogP contribution in [-0.4, -0.2) is 5.91 Å². The van der Waals surface area contributed by atoms with Crippen LogP contribution >= 0.6 is 0 Å². The third-order valence-corrected chi connectivity index (χ3v) is 11.6. The highest BCUT2D eigenvalue weighted by molar-refractivity contribution is 6.13. The van der Waals surface area contributed by atoms with Gasteiger partial charge in [0.05, 0.1) is 0 Å². The fraction of sp³-hybridized carbons (Fsp3) is 0.275. The summed E-state index contributed by atoms with van der Waals surface area (Å²) in [7, 11) is 0. The van der Waals surface area contributed by atoms with E-state index in [2.05, 4.69) is 152 Å². The quantitative estimate of drug-likeness (QED) is 0.176. The molecule has 1 aliphatic heterocycles. The van der Waals surface area contributed by atoms with Crippen molar-refractivity contribution in [3.63, 3.8) is 0 Å². The maximum absolute atomic E-state index is 13.8. The predicted octanol–water partition coefficient (Wildman–Crippen LogP) is 12.7. The Bertz CT molecular complexity index is 2080. The lowest BCUT2D eigenvalue weighted by Crippen LogP contribution is -2.46. The van der Waals surface area contributed by atoms with Gasteiger partial charge in [-0.3, -0.25) is 9.69 Å². The molecular weight excluding hydrogens is 643 g/mol. The fourth-order valence-electron chi connectivity index (χ4n) is 9.52. The number of benzene rings is 6. The average Bonchev–Trinajstić information content (AvgIpc) is 3.41. The number of aryl methyl sites for hydroxylation is 4. The van der Waals surface area contributed by atoms with Crippen LogP contribution in [0.15, 0.2) is 152 Å². The Labute approximate surface area is 317 Å². The summed E-state index contributed by atoms with van der Waals surface area (Å²) in [5.74, 6) is 0.777. The lowest BCUT2D eigenvalue weighted by Gasteiger charge is -2.48. The van der Waals surface area contributed by atoms with Gasteiger partial charge in [0, 0.05) is 16.7 Å². The van der Waals surface area contributed by atoms with E-state index in [-0.39, 0.29) is 11.3 Å². The van der Waals surface area contributed by atoms with Gasteiger partial charge in [0.2, 0.25) is 0 Å². The Hall–Kier alpha value is -5.21. The van der Waals surface area contributed by atoms with E-state index in [4.69, 9.17) is 0 Å². The van der Waals surface area contributed by atoms with Gasteiger partial charge in [0.25, 0.3) is 5.91 Å². The molecule has 0 bridgehead atoms. The van der Waals surface area contributed by atoms with Gasteiger partial charge in [-0.25, -0.2) is 0 Å². The molecule has 0 spiro atoms. The highest BCUT2D eigenvalue weighted by Crippen LogP contribution is 2.54. The summed E-state index contributed by atoms with van der Waals surface area (Å²) in [5, 5.41) is 0. The van der Waals surface area contributed by atoms with E-state index < -0.39 is 5.54 Å². The average molecular weight is 696 g/mol. The number of nitrogens with zero attached hydrogens (tertiary/aromatic N) is 1. The standard InChI is InChI=1S/C28H23NO.C23H30/c1-20-12-16-22(17-13-20)28(23-18-14-21(2)15-19-23)26-11-7-6-10-25(26)27(30)29(28)24-8-4-3-5-9-24;1-17-6-10-20(11-7-17)23(21-12-8-18(2)9-13-21)15-19(3)14-22(4,5)16-23/h3-19H,1-2H3;6-13,19H,14-16H2,1-5H3. The highest BCUT2D eigenvalue weighted by atomic mass is 16.2. The number of carbonyl (C=O) groups excluding carboxylic acids is 1. The second kappa shape index (κ2) is 14.3. The second-order valence-corrected chi connectivity index (χ2v) is 16.6. The summed E-state index contributed by atoms with van der Waals surface area (Å²) in [6, 6.07) is 53.7. The molecule has 53 heavy (non-hydrogen) atoms. The molecule has 6 aromatic carbocycles. The van der Waals surface area contributed by atoms with E-state index in [1.165, 1.54) is 52.6 Å². The summed E-state index contributed by atoms with van der Waals surface area (Å²) in [6.07, 6.45) is 3.81. The number of hydrogen-bond donors (Lipinski definition) is 0. The first kappa shape index (κ1) is 36.2. The molecule has 268 valence electrons. The minimum Gasteiger partial charge on any atom is -0.290 e. The van der Waals surface area contributed by atoms with Crippen molar-refractivity contribution in [1.29, 1.82) is 0 Å². The largest absolute Gasteiger partial charge is 0.290 e. The molecule has 1 heterocycles. The first-order valence-corrected chi connectivity index (χ1v) is 19.2. The zero-order valence-electron chi connectivity index (χ0n) is 32.5. The molecule has 0 radical (unpaired) electrons. The van der Waals surface area contributed by atoms with Crippen molar-refractivity contribution in [2.45, 2.75) is 78.7 Å². The Balaban J connectivity index is 0.000000170. The van der Waals surface area contributed by atoms with Crippen LogP contribution in [0, 0.1) is 39.0 Å². The van der Waals surface area contributed by atoms with E-state index in [0.29, 0.717) is 5.41 Å². The van der Waals surface area contributed by atoms with Gasteiger partial charge >= 0.3 is 0 Å². The van der Waals surface area contributed by atoms with E-state index in [1.807, 2.05) is 53.4 Å². The highest BCUT2D eigenvalue weighted by Gasteiger charge is 2.52. The number of fused-ring (bicyclic) bond motifs is 1. The van der Waals surface area contributed by atoms with Crippen LogP contribution in [0.4, 0.5) is 5.69 Å². The molecule has 6 aromatic rings. The summed E-state index contributed by atoms with van der Waals surface area (Å²) in [5.41, 5.74) is 12.7. The minimum absolute atomic E-state index is 0.0259. The van der Waals surface area contributed by atoms with E-state index in [0.717, 1.165) is 33.9 Å². The van der Waals surface area contributed by atoms with Crippen molar-refractivity contribution in [2.24, 2.45) is 11.3 Å². The summed E-state index contributed by atoms with van der Waals surface area (Å²) < 4.78 is 0. The lowest BCUT2D eigenvalue weighted by molar-refractivity contribution is 0.0986. The molecule has 1 amide bonds. The van der Waals surface area contributed by atoms with Crippen LogP contribution < -0.4 is 4.90 Å². The Morgan fingerprint density at radius 2 is 0.925 bits per heavy atom. The van der Waals surface area contributed by atoms with Crippen molar-refractivity contribution >= 4 is 11.6 Å². The van der Waals surface area contributed by atoms with Gasteiger partial charge in [-0.1, -0.05) is 176 Å². The predicted molar refractivity (Wildman–Crippen MR) is 222 cm³/mol. The maximum Gasteiger partial charge on any atom is 0.260 e. The van der Waals surface area contributed by atoms with Crippen LogP contribution in [0.2, 0.25) is 0 Å². The lowest BCUT2D eigenvalue weighted by atomic mass is 9.55. The molecule has 0 N–H and O–H groups in total. The summed E-state index contributed by atoms with van der Waals surface area (Å²) in [4.78, 5) is 15.8. The van der Waals surface area contributed by atoms with Crippen LogP contribution in [-0.2, 0) is 11.0 Å². The second-order valence-electron chi connectivity index (χ2n) is 16.6. The summed E-state index contributed by atoms with van der Waals surface area (Å²) in [6.45, 7) is 15.8. The smallest absolute Gasteiger partial charge is 0.260 e. The van der Waals surface area contributed by atoms with Crippen molar-refractivity contribution < 1.29 is 4.79 Å². The van der Waals surface area contributed by atoms with Crippen molar-refractivity contribution in [1.82, 2.24) is 0 Å². The molecular formula is C51H53NO. The zero-order chi connectivity index (χ0) is 37.4. The van der Waals surface area contributed by atoms with Gasteiger partial charge in [-0.15, -0.1) is 0 Å². The number of anilines is 1. The minimum atomic E-state index is -0.726. The van der Waals surface area contributed by atoms with Crippen LogP contribution in [0.3, 0.4) is 0 Å². The van der Waals surface area contributed by atoms with E-state index in [1.54, 1.807) is 0 Å². The molecule has 0 aromatic heterocycles. The molecule has 8 rings (SSSR count). The fourth-order valence-corrected chi connectivity index (χ4v) is 9.52. The van der Waals surface area contributed by atoms with Gasteiger partial charge in [0.15, 0.2) is 0 Å². The molecule has 2 heteroatoms. The molecule has 2 aliphatic rings. The van der Waals surface area contributed by atoms with Crippen LogP contribution in [0.5, 0.6) is 0 Å². The maximum atomic E-state index is 13.8. The molecule has 1 saturated carbocycles. The van der Waals surface area contributed by atoms with E-state index >= 15 is 0 Å².